The number of fused-ring (bicyclic) bond motifs is 1. The highest BCUT2D eigenvalue weighted by molar-refractivity contribution is 6.29. The number of rotatable bonds is 5. The number of hydrogen-bond acceptors (Lipinski definition) is 7. The molecule has 3 aromatic rings. The van der Waals surface area contributed by atoms with E-state index in [-0.39, 0.29) is 39.1 Å². The summed E-state index contributed by atoms with van der Waals surface area (Å²) < 4.78 is 55.4. The average Bonchev–Trinajstić information content (AvgIpc) is 2.99. The zero-order valence-corrected chi connectivity index (χ0v) is 19.0. The normalized spacial score (nSPS) is 17.3. The van der Waals surface area contributed by atoms with Crippen molar-refractivity contribution in [1.82, 2.24) is 15.0 Å². The molecule has 0 amide bonds. The minimum Gasteiger partial charge on any atom is -0.476 e. The third kappa shape index (κ3) is 4.39. The number of alkyl halides is 4. The first-order chi connectivity index (χ1) is 16.3. The maximum absolute atomic E-state index is 13.8. The molecule has 0 bridgehead atoms. The number of aromatic nitrogens is 3. The van der Waals surface area contributed by atoms with Gasteiger partial charge in [-0.25, -0.2) is 19.7 Å². The van der Waals surface area contributed by atoms with Crippen molar-refractivity contribution in [3.8, 4) is 6.07 Å². The molecule has 1 saturated heterocycles. The summed E-state index contributed by atoms with van der Waals surface area (Å²) in [6.45, 7) is 0.808. The third-order valence-corrected chi connectivity index (χ3v) is 5.76. The zero-order valence-electron chi connectivity index (χ0n) is 18.3. The van der Waals surface area contributed by atoms with E-state index in [9.17, 15) is 32.7 Å². The second-order valence-electron chi connectivity index (χ2n) is 8.20. The van der Waals surface area contributed by atoms with Crippen LogP contribution in [0.25, 0.3) is 11.0 Å². The summed E-state index contributed by atoms with van der Waals surface area (Å²) in [4.78, 5) is 24.6. The summed E-state index contributed by atoms with van der Waals surface area (Å²) >= 11 is 5.80. The molecule has 1 aromatic carbocycles. The molecular weight excluding hydrogens is 492 g/mol. The first kappa shape index (κ1) is 24.4. The van der Waals surface area contributed by atoms with Gasteiger partial charge in [-0.15, -0.1) is 0 Å². The van der Waals surface area contributed by atoms with E-state index in [1.807, 2.05) is 0 Å². The van der Waals surface area contributed by atoms with Gasteiger partial charge in [-0.1, -0.05) is 17.7 Å². The van der Waals surface area contributed by atoms with Gasteiger partial charge in [0.25, 0.3) is 0 Å². The van der Waals surface area contributed by atoms with Crippen LogP contribution in [0.4, 0.5) is 29.1 Å². The maximum Gasteiger partial charge on any atom is 0.356 e. The van der Waals surface area contributed by atoms with Gasteiger partial charge in [0, 0.05) is 5.56 Å². The van der Waals surface area contributed by atoms with Crippen molar-refractivity contribution < 1.29 is 27.5 Å². The number of carboxylic acid groups (broad SMARTS) is 1. The van der Waals surface area contributed by atoms with E-state index in [1.54, 1.807) is 32.0 Å². The molecule has 1 fully saturated rings. The molecule has 0 radical (unpaired) electrons. The molecule has 8 nitrogen and oxygen atoms in total. The number of anilines is 2. The van der Waals surface area contributed by atoms with Gasteiger partial charge in [0.1, 0.15) is 11.2 Å². The number of carbonyl (C=O) groups is 1. The second-order valence-corrected chi connectivity index (χ2v) is 8.58. The minimum atomic E-state index is -4.30. The average molecular weight is 509 g/mol. The van der Waals surface area contributed by atoms with Gasteiger partial charge in [0.05, 0.1) is 35.9 Å². The molecule has 0 aliphatic carbocycles. The molecular formula is C22H17ClF4N6O2. The zero-order chi connectivity index (χ0) is 25.7. The van der Waals surface area contributed by atoms with Gasteiger partial charge in [-0.3, -0.25) is 0 Å². The number of halogens is 5. The molecule has 35 heavy (non-hydrogen) atoms. The number of carboxylic acids is 1. The van der Waals surface area contributed by atoms with Crippen molar-refractivity contribution in [3.63, 3.8) is 0 Å². The van der Waals surface area contributed by atoms with Crippen molar-refractivity contribution in [2.75, 3.05) is 23.3 Å². The third-order valence-electron chi connectivity index (χ3n) is 5.55. The SMILES string of the molecule is Cc1cc([C@@H](C)Nc2ccc(Cl)nc2C(=O)O)c2nc(N3CC(F)(F)C(F)(F)C3)c(C#N)nc2c1. The quantitative estimate of drug-likeness (QED) is 0.372. The van der Waals surface area contributed by atoms with E-state index in [0.717, 1.165) is 5.56 Å². The lowest BCUT2D eigenvalue weighted by Gasteiger charge is -2.21. The van der Waals surface area contributed by atoms with Gasteiger partial charge in [-0.05, 0) is 37.6 Å². The number of aromatic carboxylic acids is 1. The Labute approximate surface area is 201 Å². The summed E-state index contributed by atoms with van der Waals surface area (Å²) in [6, 6.07) is 7.30. The fraction of sp³-hybridized carbons (Fsp3) is 0.318. The largest absolute Gasteiger partial charge is 0.476 e. The standard InChI is InChI=1S/C22H17ClF4N6O2/c1-10-5-12(11(2)29-13-3-4-16(23)31-18(13)20(34)35)17-14(6-10)30-15(7-28)19(32-17)33-8-21(24,25)22(26,27)9-33/h3-6,11,29H,8-9H2,1-2H3,(H,34,35)/t11-/m1/s1. The van der Waals surface area contributed by atoms with Crippen molar-refractivity contribution in [3.05, 3.63) is 51.9 Å². The van der Waals surface area contributed by atoms with Gasteiger partial charge >= 0.3 is 17.8 Å². The molecule has 13 heteroatoms. The molecule has 2 aromatic heterocycles. The summed E-state index contributed by atoms with van der Waals surface area (Å²) in [6.07, 6.45) is 0. The van der Waals surface area contributed by atoms with Crippen LogP contribution < -0.4 is 10.2 Å². The first-order valence-electron chi connectivity index (χ1n) is 10.2. The monoisotopic (exact) mass is 508 g/mol. The Morgan fingerprint density at radius 1 is 1.20 bits per heavy atom. The number of benzene rings is 1. The van der Waals surface area contributed by atoms with E-state index in [1.165, 1.54) is 12.1 Å². The molecule has 1 aliphatic rings. The molecule has 3 heterocycles. The lowest BCUT2D eigenvalue weighted by atomic mass is 10.0. The number of nitrogens with one attached hydrogen (secondary N) is 1. The molecule has 1 aliphatic heterocycles. The molecule has 0 unspecified atom stereocenters. The van der Waals surface area contributed by atoms with Crippen LogP contribution in [-0.4, -0.2) is 51.0 Å². The first-order valence-corrected chi connectivity index (χ1v) is 10.6. The smallest absolute Gasteiger partial charge is 0.356 e. The highest BCUT2D eigenvalue weighted by Gasteiger charge is 2.63. The minimum absolute atomic E-state index is 0.0135. The molecule has 4 rings (SSSR count). The van der Waals surface area contributed by atoms with Crippen LogP contribution in [0, 0.1) is 18.3 Å². The van der Waals surface area contributed by atoms with Crippen molar-refractivity contribution in [1.29, 1.82) is 5.26 Å². The highest BCUT2D eigenvalue weighted by atomic mass is 35.5. The Balaban J connectivity index is 1.82. The summed E-state index contributed by atoms with van der Waals surface area (Å²) in [5.41, 5.74) is 1.10. The van der Waals surface area contributed by atoms with Crippen LogP contribution in [0.5, 0.6) is 0 Å². The lowest BCUT2D eigenvalue weighted by molar-refractivity contribution is -0.172. The predicted octanol–water partition coefficient (Wildman–Crippen LogP) is 4.82. The van der Waals surface area contributed by atoms with Crippen LogP contribution in [0.15, 0.2) is 24.3 Å². The molecule has 2 N–H and O–H groups in total. The summed E-state index contributed by atoms with van der Waals surface area (Å²) in [5.74, 6) is -10.3. The van der Waals surface area contributed by atoms with Gasteiger partial charge in [0.15, 0.2) is 17.2 Å². The Morgan fingerprint density at radius 3 is 2.46 bits per heavy atom. The molecule has 0 saturated carbocycles. The number of nitriles is 1. The van der Waals surface area contributed by atoms with E-state index in [2.05, 4.69) is 20.3 Å². The fourth-order valence-electron chi connectivity index (χ4n) is 3.89. The highest BCUT2D eigenvalue weighted by Crippen LogP contribution is 2.43. The molecule has 0 spiro atoms. The van der Waals surface area contributed by atoms with Crippen molar-refractivity contribution in [2.45, 2.75) is 31.7 Å². The summed E-state index contributed by atoms with van der Waals surface area (Å²) in [5, 5.41) is 22.0. The molecule has 182 valence electrons. The van der Waals surface area contributed by atoms with Gasteiger partial charge in [-0.2, -0.15) is 22.8 Å². The van der Waals surface area contributed by atoms with Crippen molar-refractivity contribution in [2.24, 2.45) is 0 Å². The van der Waals surface area contributed by atoms with Crippen LogP contribution in [-0.2, 0) is 0 Å². The lowest BCUT2D eigenvalue weighted by Crippen LogP contribution is -2.38. The number of pyridine rings is 1. The Bertz CT molecular complexity index is 1380. The number of aryl methyl sites for hydroxylation is 1. The van der Waals surface area contributed by atoms with E-state index < -0.39 is 36.9 Å². The Morgan fingerprint density at radius 2 is 1.86 bits per heavy atom. The second kappa shape index (κ2) is 8.49. The number of hydrogen-bond donors (Lipinski definition) is 2. The van der Waals surface area contributed by atoms with Gasteiger partial charge < -0.3 is 15.3 Å². The van der Waals surface area contributed by atoms with Gasteiger partial charge in [0.2, 0.25) is 0 Å². The van der Waals surface area contributed by atoms with E-state index in [4.69, 9.17) is 11.6 Å². The molecule has 1 atom stereocenters. The van der Waals surface area contributed by atoms with E-state index in [0.29, 0.717) is 10.5 Å². The van der Waals surface area contributed by atoms with Crippen LogP contribution in [0.2, 0.25) is 5.15 Å². The Hall–Kier alpha value is -3.72. The van der Waals surface area contributed by atoms with Crippen LogP contribution >= 0.6 is 11.6 Å². The number of nitrogens with zero attached hydrogens (tertiary/aromatic N) is 5. The van der Waals surface area contributed by atoms with Crippen molar-refractivity contribution >= 4 is 40.1 Å². The van der Waals surface area contributed by atoms with Crippen LogP contribution in [0.1, 0.15) is 40.3 Å². The predicted molar refractivity (Wildman–Crippen MR) is 119 cm³/mol. The van der Waals surface area contributed by atoms with Crippen LogP contribution in [0.3, 0.4) is 0 Å². The summed E-state index contributed by atoms with van der Waals surface area (Å²) in [7, 11) is 0. The van der Waals surface area contributed by atoms with E-state index >= 15 is 0 Å². The Kier molecular flexibility index (Phi) is 5.92. The maximum atomic E-state index is 13.8. The fourth-order valence-corrected chi connectivity index (χ4v) is 4.04. The topological polar surface area (TPSA) is 115 Å².